The van der Waals surface area contributed by atoms with E-state index in [1.54, 1.807) is 0 Å². The lowest BCUT2D eigenvalue weighted by molar-refractivity contribution is -0.315. The fourth-order valence-corrected chi connectivity index (χ4v) is 6.95. The number of esters is 4. The molecule has 1 saturated heterocycles. The van der Waals surface area contributed by atoms with Crippen LogP contribution in [0.1, 0.15) is 141 Å². The number of halogens is 6. The van der Waals surface area contributed by atoms with Crippen molar-refractivity contribution < 1.29 is 64.5 Å². The Morgan fingerprint density at radius 2 is 1.20 bits per heavy atom. The lowest BCUT2D eigenvalue weighted by Gasteiger charge is -2.37. The first-order chi connectivity index (χ1) is 24.8. The molecular weight excluding hydrogens is 736 g/mol. The van der Waals surface area contributed by atoms with Gasteiger partial charge in [-0.05, 0) is 111 Å². The minimum atomic E-state index is -5.67. The van der Waals surface area contributed by atoms with Crippen LogP contribution in [0.3, 0.4) is 0 Å². The second kappa shape index (κ2) is 17.2. The number of ether oxygens (including phenoxy) is 4. The summed E-state index contributed by atoms with van der Waals surface area (Å²) in [7, 11) is 0. The van der Waals surface area contributed by atoms with Crippen molar-refractivity contribution in [2.75, 3.05) is 0 Å². The van der Waals surface area contributed by atoms with Gasteiger partial charge in [-0.15, -0.1) is 0 Å². The van der Waals surface area contributed by atoms with Gasteiger partial charge in [-0.2, -0.15) is 31.6 Å². The highest BCUT2D eigenvalue weighted by molar-refractivity contribution is 5.85. The SMILES string of the molecule is CCC(C)(C)C(=O)OC(C(F)(F)F)C(F)(F)F.CCC(C)(C)C(=O)OC1C2CC3C1OC(=O)C3(C#N)C2.CCC(C)(C)C(=O)OC1CCC(C(C)(C)C)CC1. The van der Waals surface area contributed by atoms with Crippen molar-refractivity contribution in [3.63, 3.8) is 0 Å². The maximum absolute atomic E-state index is 12.2. The summed E-state index contributed by atoms with van der Waals surface area (Å²) in [6.07, 6.45) is -8.80. The molecule has 0 spiro atoms. The first-order valence-electron chi connectivity index (χ1n) is 19.2. The molecule has 1 heterocycles. The van der Waals surface area contributed by atoms with Crippen LogP contribution in [0.5, 0.6) is 0 Å². The van der Waals surface area contributed by atoms with E-state index >= 15 is 0 Å². The second-order valence-corrected chi connectivity index (χ2v) is 18.5. The molecule has 4 rings (SSSR count). The highest BCUT2D eigenvalue weighted by Crippen LogP contribution is 2.62. The molecule has 55 heavy (non-hydrogen) atoms. The number of fused-ring (bicyclic) bond motifs is 1. The average molecular weight is 798 g/mol. The van der Waals surface area contributed by atoms with Gasteiger partial charge >= 0.3 is 36.2 Å². The van der Waals surface area contributed by atoms with E-state index in [-0.39, 0.29) is 47.8 Å². The van der Waals surface area contributed by atoms with Crippen molar-refractivity contribution >= 4 is 23.9 Å². The summed E-state index contributed by atoms with van der Waals surface area (Å²) in [6, 6.07) is 2.15. The van der Waals surface area contributed by atoms with Gasteiger partial charge in [-0.1, -0.05) is 41.5 Å². The monoisotopic (exact) mass is 797 g/mol. The molecule has 1 aliphatic heterocycles. The molecule has 9 nitrogen and oxygen atoms in total. The van der Waals surface area contributed by atoms with E-state index in [4.69, 9.17) is 14.2 Å². The molecule has 4 fully saturated rings. The van der Waals surface area contributed by atoms with E-state index in [0.29, 0.717) is 18.3 Å². The predicted molar refractivity (Wildman–Crippen MR) is 190 cm³/mol. The van der Waals surface area contributed by atoms with Crippen LogP contribution in [0.4, 0.5) is 26.3 Å². The van der Waals surface area contributed by atoms with Gasteiger partial charge in [0.25, 0.3) is 6.10 Å². The molecule has 0 radical (unpaired) electrons. The number of nitrogens with zero attached hydrogens (tertiary/aromatic N) is 1. The minimum Gasteiger partial charge on any atom is -0.462 e. The van der Waals surface area contributed by atoms with Crippen LogP contribution in [0.25, 0.3) is 0 Å². The summed E-state index contributed by atoms with van der Waals surface area (Å²) in [4.78, 5) is 47.3. The zero-order valence-electron chi connectivity index (χ0n) is 34.4. The lowest BCUT2D eigenvalue weighted by atomic mass is 9.72. The minimum absolute atomic E-state index is 0.0239. The van der Waals surface area contributed by atoms with Crippen LogP contribution in [0.2, 0.25) is 0 Å². The van der Waals surface area contributed by atoms with Crippen molar-refractivity contribution in [3.8, 4) is 6.07 Å². The van der Waals surface area contributed by atoms with Crippen molar-refractivity contribution in [2.24, 2.45) is 44.8 Å². The predicted octanol–water partition coefficient (Wildman–Crippen LogP) is 9.84. The van der Waals surface area contributed by atoms with Gasteiger partial charge in [0.1, 0.15) is 18.3 Å². The molecule has 5 unspecified atom stereocenters. The van der Waals surface area contributed by atoms with Crippen LogP contribution < -0.4 is 0 Å². The van der Waals surface area contributed by atoms with Gasteiger partial charge in [0.05, 0.1) is 22.3 Å². The summed E-state index contributed by atoms with van der Waals surface area (Å²) in [6.45, 7) is 22.4. The quantitative estimate of drug-likeness (QED) is 0.127. The molecule has 3 saturated carbocycles. The third kappa shape index (κ3) is 11.3. The van der Waals surface area contributed by atoms with Crippen molar-refractivity contribution in [3.05, 3.63) is 0 Å². The Kier molecular flexibility index (Phi) is 15.0. The van der Waals surface area contributed by atoms with Crippen molar-refractivity contribution in [1.82, 2.24) is 0 Å². The van der Waals surface area contributed by atoms with Gasteiger partial charge in [0, 0.05) is 11.8 Å². The first kappa shape index (κ1) is 48.1. The van der Waals surface area contributed by atoms with Crippen LogP contribution >= 0.6 is 0 Å². The van der Waals surface area contributed by atoms with Crippen LogP contribution in [-0.2, 0) is 38.1 Å². The summed E-state index contributed by atoms with van der Waals surface area (Å²) >= 11 is 0. The molecule has 15 heteroatoms. The average Bonchev–Trinajstić information content (AvgIpc) is 3.68. The normalized spacial score (nSPS) is 27.9. The molecule has 0 N–H and O–H groups in total. The molecule has 0 aromatic rings. The van der Waals surface area contributed by atoms with E-state index in [1.807, 2.05) is 41.5 Å². The molecule has 5 atom stereocenters. The Morgan fingerprint density at radius 1 is 0.764 bits per heavy atom. The summed E-state index contributed by atoms with van der Waals surface area (Å²) in [5.41, 5.74) is -2.84. The molecule has 3 aliphatic carbocycles. The highest BCUT2D eigenvalue weighted by atomic mass is 19.4. The number of carbonyl (C=O) groups excluding carboxylic acids is 4. The number of rotatable bonds is 9. The third-order valence-electron chi connectivity index (χ3n) is 12.3. The van der Waals surface area contributed by atoms with Gasteiger partial charge < -0.3 is 18.9 Å². The van der Waals surface area contributed by atoms with E-state index in [1.165, 1.54) is 33.6 Å². The van der Waals surface area contributed by atoms with Crippen LogP contribution in [-0.4, -0.2) is 60.6 Å². The summed E-state index contributed by atoms with van der Waals surface area (Å²) in [5, 5.41) is 9.31. The number of carbonyl (C=O) groups is 4. The Hall–Kier alpha value is -3.05. The van der Waals surface area contributed by atoms with E-state index in [2.05, 4.69) is 31.6 Å². The van der Waals surface area contributed by atoms with Crippen LogP contribution in [0, 0.1) is 56.2 Å². The van der Waals surface area contributed by atoms with Crippen molar-refractivity contribution in [1.29, 1.82) is 5.26 Å². The van der Waals surface area contributed by atoms with Crippen LogP contribution in [0.15, 0.2) is 0 Å². The molecule has 4 aliphatic rings. The Bertz CT molecular complexity index is 1400. The number of nitriles is 1. The fourth-order valence-electron chi connectivity index (χ4n) is 6.95. The lowest BCUT2D eigenvalue weighted by Crippen LogP contribution is -2.47. The molecule has 2 bridgehead atoms. The largest absolute Gasteiger partial charge is 0.462 e. The topological polar surface area (TPSA) is 129 Å². The van der Waals surface area contributed by atoms with E-state index < -0.39 is 52.7 Å². The number of alkyl halides is 6. The summed E-state index contributed by atoms with van der Waals surface area (Å²) < 4.78 is 92.6. The first-order valence-corrected chi connectivity index (χ1v) is 19.2. The summed E-state index contributed by atoms with van der Waals surface area (Å²) in [5.74, 6) is -1.48. The zero-order chi connectivity index (χ0) is 42.8. The Balaban J connectivity index is 0.000000287. The van der Waals surface area contributed by atoms with E-state index in [9.17, 15) is 50.8 Å². The zero-order valence-corrected chi connectivity index (χ0v) is 34.4. The molecule has 0 amide bonds. The standard InChI is InChI=1S/C16H30O2.C15H19NO4.C9H12F6O2/c1-7-16(5,6)14(17)18-13-10-8-12(9-11-13)15(2,3)4;1-4-14(2,3)12(17)19-10-8-5-9-11(10)20-13(18)15(9,6-8)7-16;1-4-7(2,3)6(16)17-5(8(10,11)12)9(13,14)15/h12-13H,7-11H2,1-6H3;8-11H,4-6H2,1-3H3;5H,4H2,1-3H3. The molecular formula is C40H61F6NO8. The number of hydrogen-bond acceptors (Lipinski definition) is 9. The van der Waals surface area contributed by atoms with Gasteiger partial charge in [-0.25, -0.2) is 0 Å². The third-order valence-corrected chi connectivity index (χ3v) is 12.3. The van der Waals surface area contributed by atoms with Crippen molar-refractivity contribution in [2.45, 2.75) is 178 Å². The second-order valence-electron chi connectivity index (χ2n) is 18.5. The maximum atomic E-state index is 12.2. The Labute approximate surface area is 321 Å². The van der Waals surface area contributed by atoms with Gasteiger partial charge in [0.2, 0.25) is 0 Å². The highest BCUT2D eigenvalue weighted by Gasteiger charge is 2.72. The van der Waals surface area contributed by atoms with Gasteiger partial charge in [0.15, 0.2) is 5.41 Å². The molecule has 0 aromatic carbocycles. The number of hydrogen-bond donors (Lipinski definition) is 0. The Morgan fingerprint density at radius 3 is 1.60 bits per heavy atom. The van der Waals surface area contributed by atoms with E-state index in [0.717, 1.165) is 31.6 Å². The van der Waals surface area contributed by atoms with Gasteiger partial charge in [-0.3, -0.25) is 19.2 Å². The maximum Gasteiger partial charge on any atom is 0.434 e. The fraction of sp³-hybridized carbons (Fsp3) is 0.875. The molecule has 0 aromatic heterocycles. The smallest absolute Gasteiger partial charge is 0.434 e. The molecule has 316 valence electrons.